The van der Waals surface area contributed by atoms with E-state index in [-0.39, 0.29) is 17.8 Å². The molecule has 0 fully saturated rings. The highest BCUT2D eigenvalue weighted by Gasteiger charge is 2.07. The second-order valence-corrected chi connectivity index (χ2v) is 2.52. The minimum Gasteiger partial charge on any atom is -0.348 e. The van der Waals surface area contributed by atoms with Gasteiger partial charge in [-0.15, -0.1) is 0 Å². The van der Waals surface area contributed by atoms with Gasteiger partial charge in [0.15, 0.2) is 0 Å². The zero-order chi connectivity index (χ0) is 8.97. The number of carbonyl (C=O) groups is 1. The monoisotopic (exact) mass is 169 g/mol. The van der Waals surface area contributed by atoms with Gasteiger partial charge in [-0.2, -0.15) is 5.10 Å². The van der Waals surface area contributed by atoms with Gasteiger partial charge in [0.05, 0.1) is 0 Å². The predicted octanol–water partition coefficient (Wildman–Crippen LogP) is -1.12. The van der Waals surface area contributed by atoms with Gasteiger partial charge in [-0.25, -0.2) is 4.98 Å². The van der Waals surface area contributed by atoms with Crippen LogP contribution in [0.3, 0.4) is 0 Å². The van der Waals surface area contributed by atoms with E-state index in [0.717, 1.165) is 0 Å². The van der Waals surface area contributed by atoms with Gasteiger partial charge in [0, 0.05) is 12.6 Å². The molecule has 0 aromatic carbocycles. The second kappa shape index (κ2) is 3.82. The topological polar surface area (TPSA) is 96.7 Å². The summed E-state index contributed by atoms with van der Waals surface area (Å²) in [5.74, 6) is -0.0829. The Bertz CT molecular complexity index is 242. The lowest BCUT2D eigenvalue weighted by molar-refractivity contribution is 0.0942. The number of amides is 1. The number of nitrogens with zero attached hydrogens (tertiary/aromatic N) is 2. The summed E-state index contributed by atoms with van der Waals surface area (Å²) >= 11 is 0. The molecular weight excluding hydrogens is 158 g/mol. The summed E-state index contributed by atoms with van der Waals surface area (Å²) < 4.78 is 0. The molecule has 0 saturated carbocycles. The van der Waals surface area contributed by atoms with Crippen LogP contribution < -0.4 is 11.1 Å². The van der Waals surface area contributed by atoms with Crippen molar-refractivity contribution >= 4 is 5.91 Å². The van der Waals surface area contributed by atoms with E-state index in [9.17, 15) is 4.79 Å². The Labute approximate surface area is 69.6 Å². The highest BCUT2D eigenvalue weighted by Crippen LogP contribution is 1.84. The number of hydrogen-bond donors (Lipinski definition) is 3. The highest BCUT2D eigenvalue weighted by atomic mass is 16.2. The van der Waals surface area contributed by atoms with E-state index < -0.39 is 0 Å². The lowest BCUT2D eigenvalue weighted by atomic mass is 10.3. The van der Waals surface area contributed by atoms with Gasteiger partial charge in [-0.05, 0) is 6.92 Å². The van der Waals surface area contributed by atoms with E-state index in [1.54, 1.807) is 6.92 Å². The molecule has 0 aliphatic heterocycles. The molecule has 1 unspecified atom stereocenters. The van der Waals surface area contributed by atoms with Crippen molar-refractivity contribution in [1.29, 1.82) is 0 Å². The quantitative estimate of drug-likeness (QED) is 0.534. The van der Waals surface area contributed by atoms with Crippen LogP contribution >= 0.6 is 0 Å². The van der Waals surface area contributed by atoms with Crippen molar-refractivity contribution in [3.63, 3.8) is 0 Å². The fourth-order valence-electron chi connectivity index (χ4n) is 0.652. The van der Waals surface area contributed by atoms with Crippen LogP contribution in [0.5, 0.6) is 0 Å². The third-order valence-corrected chi connectivity index (χ3v) is 1.21. The molecule has 4 N–H and O–H groups in total. The number of rotatable bonds is 3. The Morgan fingerprint density at radius 2 is 2.67 bits per heavy atom. The fourth-order valence-corrected chi connectivity index (χ4v) is 0.652. The Kier molecular flexibility index (Phi) is 2.76. The first-order valence-corrected chi connectivity index (χ1v) is 3.59. The summed E-state index contributed by atoms with van der Waals surface area (Å²) in [5.41, 5.74) is 5.43. The van der Waals surface area contributed by atoms with Crippen molar-refractivity contribution in [3.8, 4) is 0 Å². The molecule has 1 heterocycles. The van der Waals surface area contributed by atoms with Gasteiger partial charge >= 0.3 is 0 Å². The van der Waals surface area contributed by atoms with Crippen LogP contribution in [0.4, 0.5) is 0 Å². The van der Waals surface area contributed by atoms with Crippen LogP contribution in [-0.2, 0) is 0 Å². The molecule has 6 heteroatoms. The van der Waals surface area contributed by atoms with E-state index in [0.29, 0.717) is 6.54 Å². The van der Waals surface area contributed by atoms with Crippen LogP contribution in [0, 0.1) is 0 Å². The second-order valence-electron chi connectivity index (χ2n) is 2.52. The van der Waals surface area contributed by atoms with Crippen molar-refractivity contribution in [2.45, 2.75) is 13.0 Å². The molecule has 1 aromatic heterocycles. The molecule has 66 valence electrons. The van der Waals surface area contributed by atoms with Crippen LogP contribution in [0.2, 0.25) is 0 Å². The van der Waals surface area contributed by atoms with E-state index >= 15 is 0 Å². The van der Waals surface area contributed by atoms with Gasteiger partial charge in [0.2, 0.25) is 5.82 Å². The standard InChI is InChI=1S/C6H11N5O/c1-4(7)2-8-6(12)5-9-3-10-11-5/h3-4H,2,7H2,1H3,(H,8,12)(H,9,10,11). The van der Waals surface area contributed by atoms with Gasteiger partial charge in [-0.3, -0.25) is 9.89 Å². The number of nitrogens with two attached hydrogens (primary N) is 1. The van der Waals surface area contributed by atoms with Crippen molar-refractivity contribution in [2.24, 2.45) is 5.73 Å². The minimum absolute atomic E-state index is 0.0585. The number of H-pyrrole nitrogens is 1. The molecule has 1 rings (SSSR count). The summed E-state index contributed by atoms with van der Waals surface area (Å²) in [7, 11) is 0. The maximum atomic E-state index is 11.1. The van der Waals surface area contributed by atoms with E-state index in [2.05, 4.69) is 20.5 Å². The molecule has 0 saturated heterocycles. The normalized spacial score (nSPS) is 12.5. The van der Waals surface area contributed by atoms with Crippen molar-refractivity contribution in [2.75, 3.05) is 6.54 Å². The van der Waals surface area contributed by atoms with Gasteiger partial charge in [0.25, 0.3) is 5.91 Å². The molecule has 1 amide bonds. The summed E-state index contributed by atoms with van der Waals surface area (Å²) in [5, 5.41) is 8.58. The van der Waals surface area contributed by atoms with Crippen molar-refractivity contribution < 1.29 is 4.79 Å². The third-order valence-electron chi connectivity index (χ3n) is 1.21. The average Bonchev–Trinajstić information content (AvgIpc) is 2.51. The summed E-state index contributed by atoms with van der Waals surface area (Å²) in [6.45, 7) is 2.24. The molecule has 0 bridgehead atoms. The SMILES string of the molecule is CC(N)CNC(=O)c1ncn[nH]1. The smallest absolute Gasteiger partial charge is 0.288 e. The third kappa shape index (κ3) is 2.31. The molecule has 1 aromatic rings. The summed E-state index contributed by atoms with van der Waals surface area (Å²) in [4.78, 5) is 14.8. The molecule has 0 aliphatic carbocycles. The summed E-state index contributed by atoms with van der Waals surface area (Å²) in [6.07, 6.45) is 1.28. The fraction of sp³-hybridized carbons (Fsp3) is 0.500. The lowest BCUT2D eigenvalue weighted by Crippen LogP contribution is -2.35. The molecule has 0 radical (unpaired) electrons. The summed E-state index contributed by atoms with van der Waals surface area (Å²) in [6, 6.07) is -0.0585. The first-order chi connectivity index (χ1) is 5.70. The Balaban J connectivity index is 2.40. The molecule has 0 aliphatic rings. The van der Waals surface area contributed by atoms with Gasteiger partial charge in [0.1, 0.15) is 6.33 Å². The van der Waals surface area contributed by atoms with Gasteiger partial charge < -0.3 is 11.1 Å². The van der Waals surface area contributed by atoms with E-state index in [1.807, 2.05) is 0 Å². The zero-order valence-electron chi connectivity index (χ0n) is 6.74. The van der Waals surface area contributed by atoms with Crippen LogP contribution in [0.1, 0.15) is 17.5 Å². The number of aromatic amines is 1. The first kappa shape index (κ1) is 8.66. The van der Waals surface area contributed by atoms with E-state index in [4.69, 9.17) is 5.73 Å². The Morgan fingerprint density at radius 1 is 1.92 bits per heavy atom. The Hall–Kier alpha value is -1.43. The molecular formula is C6H11N5O. The van der Waals surface area contributed by atoms with Crippen molar-refractivity contribution in [1.82, 2.24) is 20.5 Å². The maximum Gasteiger partial charge on any atom is 0.288 e. The lowest BCUT2D eigenvalue weighted by Gasteiger charge is -2.04. The highest BCUT2D eigenvalue weighted by molar-refractivity contribution is 5.90. The van der Waals surface area contributed by atoms with E-state index in [1.165, 1.54) is 6.33 Å². The Morgan fingerprint density at radius 3 is 3.17 bits per heavy atom. The minimum atomic E-state index is -0.287. The van der Waals surface area contributed by atoms with Crippen molar-refractivity contribution in [3.05, 3.63) is 12.2 Å². The van der Waals surface area contributed by atoms with Gasteiger partial charge in [-0.1, -0.05) is 0 Å². The number of aromatic nitrogens is 3. The number of carbonyl (C=O) groups excluding carboxylic acids is 1. The number of hydrogen-bond acceptors (Lipinski definition) is 4. The molecule has 12 heavy (non-hydrogen) atoms. The predicted molar refractivity (Wildman–Crippen MR) is 42.4 cm³/mol. The molecule has 6 nitrogen and oxygen atoms in total. The molecule has 0 spiro atoms. The maximum absolute atomic E-state index is 11.1. The largest absolute Gasteiger partial charge is 0.348 e. The van der Waals surface area contributed by atoms with Crippen LogP contribution in [-0.4, -0.2) is 33.7 Å². The zero-order valence-corrected chi connectivity index (χ0v) is 6.74. The first-order valence-electron chi connectivity index (χ1n) is 3.59. The average molecular weight is 169 g/mol. The number of nitrogens with one attached hydrogen (secondary N) is 2. The van der Waals surface area contributed by atoms with Crippen LogP contribution in [0.25, 0.3) is 0 Å². The van der Waals surface area contributed by atoms with Crippen LogP contribution in [0.15, 0.2) is 6.33 Å². The molecule has 1 atom stereocenters.